The van der Waals surface area contributed by atoms with Gasteiger partial charge in [-0.05, 0) is 25.0 Å². The van der Waals surface area contributed by atoms with Gasteiger partial charge >= 0.3 is 5.97 Å². The number of epoxide rings is 1. The third kappa shape index (κ3) is 1.61. The lowest BCUT2D eigenvalue weighted by atomic mass is 9.50. The van der Waals surface area contributed by atoms with Gasteiger partial charge in [-0.3, -0.25) is 9.59 Å². The number of aliphatic hydroxyl groups excluding tert-OH is 2. The lowest BCUT2D eigenvalue weighted by molar-refractivity contribution is -0.247. The standard InChI is InChI=1S/C17H22O7/c1-8-4-11-16(6-22-9(2)18,13(21)12(8)20)15(3)5-10(19)14(24-11)17(15)7-23-17/h4,10-11,13-14,19,21H,5-7H2,1-3H3/t10-,11-,13-,14-,15?,16-,17?/m1/s1. The minimum absolute atomic E-state index is 0.162. The van der Waals surface area contributed by atoms with E-state index in [0.717, 1.165) is 0 Å². The lowest BCUT2D eigenvalue weighted by Crippen LogP contribution is -2.70. The van der Waals surface area contributed by atoms with Crippen molar-refractivity contribution in [3.8, 4) is 0 Å². The number of carbonyl (C=O) groups excluding carboxylic acids is 2. The maximum atomic E-state index is 12.5. The van der Waals surface area contributed by atoms with Crippen molar-refractivity contribution < 1.29 is 34.0 Å². The maximum Gasteiger partial charge on any atom is 0.302 e. The number of esters is 1. The van der Waals surface area contributed by atoms with Gasteiger partial charge in [0.25, 0.3) is 0 Å². The third-order valence-electron chi connectivity index (χ3n) is 6.68. The second kappa shape index (κ2) is 4.66. The zero-order valence-electron chi connectivity index (χ0n) is 13.9. The average molecular weight is 338 g/mol. The number of fused-ring (bicyclic) bond motifs is 2. The smallest absolute Gasteiger partial charge is 0.302 e. The Hall–Kier alpha value is -1.28. The second-order valence-corrected chi connectivity index (χ2v) is 7.70. The molecule has 0 amide bonds. The number of ether oxygens (including phenoxy) is 3. The number of hydrogen-bond donors (Lipinski definition) is 2. The normalized spacial score (nSPS) is 52.0. The molecule has 0 radical (unpaired) electrons. The van der Waals surface area contributed by atoms with Gasteiger partial charge in [0.05, 0.1) is 24.2 Å². The molecule has 3 fully saturated rings. The van der Waals surface area contributed by atoms with Crippen molar-refractivity contribution in [1.82, 2.24) is 0 Å². The van der Waals surface area contributed by atoms with Crippen LogP contribution in [0.5, 0.6) is 0 Å². The molecule has 4 rings (SSSR count). The Kier molecular flexibility index (Phi) is 3.15. The summed E-state index contributed by atoms with van der Waals surface area (Å²) in [5.74, 6) is -0.900. The molecule has 0 aromatic rings. The van der Waals surface area contributed by atoms with Crippen LogP contribution in [0.2, 0.25) is 0 Å². The van der Waals surface area contributed by atoms with Crippen molar-refractivity contribution in [1.29, 1.82) is 0 Å². The van der Waals surface area contributed by atoms with E-state index in [0.29, 0.717) is 18.6 Å². The van der Waals surface area contributed by atoms with E-state index < -0.39 is 52.6 Å². The van der Waals surface area contributed by atoms with E-state index in [2.05, 4.69) is 0 Å². The van der Waals surface area contributed by atoms with Crippen molar-refractivity contribution >= 4 is 11.8 Å². The summed E-state index contributed by atoms with van der Waals surface area (Å²) in [6.45, 7) is 5.04. The molecule has 7 nitrogen and oxygen atoms in total. The van der Waals surface area contributed by atoms with Crippen molar-refractivity contribution in [2.24, 2.45) is 10.8 Å². The molecule has 7 heteroatoms. The Morgan fingerprint density at radius 2 is 2.12 bits per heavy atom. The fraction of sp³-hybridized carbons (Fsp3) is 0.765. The Balaban J connectivity index is 1.89. The van der Waals surface area contributed by atoms with Gasteiger partial charge < -0.3 is 24.4 Å². The van der Waals surface area contributed by atoms with Crippen LogP contribution in [0.25, 0.3) is 0 Å². The predicted octanol–water partition coefficient (Wildman–Crippen LogP) is -0.267. The maximum absolute atomic E-state index is 12.5. The van der Waals surface area contributed by atoms with Crippen LogP contribution in [0.3, 0.4) is 0 Å². The van der Waals surface area contributed by atoms with E-state index in [9.17, 15) is 19.8 Å². The van der Waals surface area contributed by atoms with E-state index in [1.807, 2.05) is 6.92 Å². The molecule has 7 atom stereocenters. The van der Waals surface area contributed by atoms with Crippen LogP contribution in [-0.4, -0.2) is 65.2 Å². The lowest BCUT2D eigenvalue weighted by Gasteiger charge is -2.58. The molecule has 0 aromatic carbocycles. The molecule has 2 N–H and O–H groups in total. The number of ketones is 1. The van der Waals surface area contributed by atoms with Gasteiger partial charge in [-0.1, -0.05) is 6.92 Å². The predicted molar refractivity (Wildman–Crippen MR) is 79.9 cm³/mol. The molecule has 2 bridgehead atoms. The summed E-state index contributed by atoms with van der Waals surface area (Å²) in [6.07, 6.45) is -1.30. The minimum Gasteiger partial charge on any atom is -0.465 e. The van der Waals surface area contributed by atoms with Gasteiger partial charge in [0.2, 0.25) is 0 Å². The zero-order chi connectivity index (χ0) is 17.5. The molecule has 2 unspecified atom stereocenters. The summed E-state index contributed by atoms with van der Waals surface area (Å²) >= 11 is 0. The van der Waals surface area contributed by atoms with Crippen molar-refractivity contribution in [3.05, 3.63) is 11.6 Å². The van der Waals surface area contributed by atoms with Gasteiger partial charge in [0.1, 0.15) is 24.4 Å². The SMILES string of the molecule is CC(=O)OC[C@]12[C@H](O)C(=O)C(C)=C[C@H]1O[C@@H]1[C@H](O)CC2(C)C12CO2. The highest BCUT2D eigenvalue weighted by atomic mass is 16.6. The third-order valence-corrected chi connectivity index (χ3v) is 6.68. The molecule has 1 spiro atoms. The molecule has 2 aliphatic carbocycles. The fourth-order valence-electron chi connectivity index (χ4n) is 5.21. The largest absolute Gasteiger partial charge is 0.465 e. The number of aliphatic hydroxyl groups is 2. The molecule has 132 valence electrons. The van der Waals surface area contributed by atoms with Gasteiger partial charge in [-0.2, -0.15) is 0 Å². The van der Waals surface area contributed by atoms with Crippen LogP contribution < -0.4 is 0 Å². The van der Waals surface area contributed by atoms with E-state index in [1.165, 1.54) is 6.92 Å². The van der Waals surface area contributed by atoms with Crippen LogP contribution in [-0.2, 0) is 23.8 Å². The van der Waals surface area contributed by atoms with Crippen LogP contribution in [0.4, 0.5) is 0 Å². The van der Waals surface area contributed by atoms with E-state index in [4.69, 9.17) is 14.2 Å². The summed E-state index contributed by atoms with van der Waals surface area (Å²) in [5.41, 5.74) is -2.27. The molecule has 2 aliphatic heterocycles. The summed E-state index contributed by atoms with van der Waals surface area (Å²) in [7, 11) is 0. The highest BCUT2D eigenvalue weighted by molar-refractivity contribution is 6.00. The average Bonchev–Trinajstić information content (AvgIpc) is 3.27. The molecule has 2 heterocycles. The van der Waals surface area contributed by atoms with Crippen molar-refractivity contribution in [3.63, 3.8) is 0 Å². The van der Waals surface area contributed by atoms with E-state index in [1.54, 1.807) is 13.0 Å². The van der Waals surface area contributed by atoms with E-state index in [-0.39, 0.29) is 6.61 Å². The van der Waals surface area contributed by atoms with Crippen LogP contribution in [0.15, 0.2) is 11.6 Å². The zero-order valence-corrected chi connectivity index (χ0v) is 13.9. The molecule has 0 aromatic heterocycles. The van der Waals surface area contributed by atoms with Crippen LogP contribution in [0.1, 0.15) is 27.2 Å². The van der Waals surface area contributed by atoms with Gasteiger partial charge in [0.15, 0.2) is 5.78 Å². The van der Waals surface area contributed by atoms with Crippen molar-refractivity contribution in [2.75, 3.05) is 13.2 Å². The monoisotopic (exact) mass is 338 g/mol. The number of rotatable bonds is 2. The second-order valence-electron chi connectivity index (χ2n) is 7.70. The fourth-order valence-corrected chi connectivity index (χ4v) is 5.21. The Labute approximate surface area is 139 Å². The van der Waals surface area contributed by atoms with Crippen LogP contribution in [0, 0.1) is 10.8 Å². The first-order valence-corrected chi connectivity index (χ1v) is 8.21. The minimum atomic E-state index is -1.39. The highest BCUT2D eigenvalue weighted by Gasteiger charge is 2.83. The van der Waals surface area contributed by atoms with Gasteiger partial charge in [-0.15, -0.1) is 0 Å². The number of Topliss-reactive ketones (excluding diaryl/α,β-unsaturated/α-hetero) is 1. The number of hydrogen-bond acceptors (Lipinski definition) is 7. The molecular formula is C17H22O7. The summed E-state index contributed by atoms with van der Waals surface area (Å²) in [4.78, 5) is 24.0. The molecule has 2 saturated heterocycles. The van der Waals surface area contributed by atoms with Crippen LogP contribution >= 0.6 is 0 Å². The first kappa shape index (κ1) is 16.2. The molecule has 24 heavy (non-hydrogen) atoms. The Morgan fingerprint density at radius 3 is 2.71 bits per heavy atom. The van der Waals surface area contributed by atoms with Gasteiger partial charge in [0, 0.05) is 12.3 Å². The summed E-state index contributed by atoms with van der Waals surface area (Å²) in [5, 5.41) is 21.4. The quantitative estimate of drug-likeness (QED) is 0.527. The highest BCUT2D eigenvalue weighted by Crippen LogP contribution is 2.71. The molecule has 1 saturated carbocycles. The Morgan fingerprint density at radius 1 is 1.46 bits per heavy atom. The molecular weight excluding hydrogens is 316 g/mol. The Bertz CT molecular complexity index is 651. The first-order chi connectivity index (χ1) is 11.2. The van der Waals surface area contributed by atoms with E-state index >= 15 is 0 Å². The summed E-state index contributed by atoms with van der Waals surface area (Å²) < 4.78 is 17.1. The topological polar surface area (TPSA) is 106 Å². The first-order valence-electron chi connectivity index (χ1n) is 8.21. The molecule has 4 aliphatic rings. The number of carbonyl (C=O) groups is 2. The summed E-state index contributed by atoms with van der Waals surface area (Å²) in [6, 6.07) is 0. The van der Waals surface area contributed by atoms with Gasteiger partial charge in [-0.25, -0.2) is 0 Å². The van der Waals surface area contributed by atoms with Crippen molar-refractivity contribution in [2.45, 2.75) is 57.2 Å².